The van der Waals surface area contributed by atoms with Crippen LogP contribution in [0.5, 0.6) is 0 Å². The molecule has 0 aliphatic carbocycles. The molecule has 1 unspecified atom stereocenters. The fourth-order valence-corrected chi connectivity index (χ4v) is 1.62. The van der Waals surface area contributed by atoms with E-state index >= 15 is 0 Å². The van der Waals surface area contributed by atoms with Crippen LogP contribution in [0.2, 0.25) is 0 Å². The normalized spacial score (nSPS) is 13.6. The highest BCUT2D eigenvalue weighted by Crippen LogP contribution is 2.28. The first-order valence-electron chi connectivity index (χ1n) is 5.20. The van der Waals surface area contributed by atoms with E-state index in [9.17, 15) is 4.39 Å². The summed E-state index contributed by atoms with van der Waals surface area (Å²) >= 11 is 0. The van der Waals surface area contributed by atoms with Crippen LogP contribution in [0.25, 0.3) is 0 Å². The van der Waals surface area contributed by atoms with Crippen LogP contribution in [0.4, 0.5) is 4.39 Å². The molecular formula is C11H19FN2. The van der Waals surface area contributed by atoms with E-state index in [1.54, 1.807) is 7.05 Å². The van der Waals surface area contributed by atoms with Crippen LogP contribution in [-0.2, 0) is 13.5 Å². The quantitative estimate of drug-likeness (QED) is 0.730. The van der Waals surface area contributed by atoms with Crippen molar-refractivity contribution < 1.29 is 4.39 Å². The largest absolute Gasteiger partial charge is 0.242 e. The Hall–Kier alpha value is -0.860. The summed E-state index contributed by atoms with van der Waals surface area (Å²) in [5.74, 6) is 0.501. The molecule has 0 aliphatic heterocycles. The van der Waals surface area contributed by atoms with Gasteiger partial charge in [-0.3, -0.25) is 0 Å². The lowest BCUT2D eigenvalue weighted by atomic mass is 9.90. The van der Waals surface area contributed by atoms with Crippen molar-refractivity contribution in [1.82, 2.24) is 9.78 Å². The molecule has 1 atom stereocenters. The van der Waals surface area contributed by atoms with Crippen LogP contribution in [0.1, 0.15) is 44.9 Å². The number of halogens is 1. The van der Waals surface area contributed by atoms with Gasteiger partial charge in [0.1, 0.15) is 0 Å². The van der Waals surface area contributed by atoms with E-state index in [2.05, 4.69) is 25.9 Å². The molecule has 14 heavy (non-hydrogen) atoms. The van der Waals surface area contributed by atoms with Gasteiger partial charge in [0.05, 0.1) is 5.69 Å². The maximum absolute atomic E-state index is 13.7. The third-order valence-corrected chi connectivity index (χ3v) is 2.88. The molecule has 0 bridgehead atoms. The Kier molecular flexibility index (Phi) is 3.29. The van der Waals surface area contributed by atoms with E-state index in [1.165, 1.54) is 4.68 Å². The summed E-state index contributed by atoms with van der Waals surface area (Å²) in [7, 11) is 1.66. The maximum atomic E-state index is 13.7. The fourth-order valence-electron chi connectivity index (χ4n) is 1.62. The third-order valence-electron chi connectivity index (χ3n) is 2.88. The van der Waals surface area contributed by atoms with E-state index in [0.29, 0.717) is 5.92 Å². The van der Waals surface area contributed by atoms with Gasteiger partial charge in [0.2, 0.25) is 5.95 Å². The van der Waals surface area contributed by atoms with Gasteiger partial charge in [0.15, 0.2) is 0 Å². The first-order chi connectivity index (χ1) is 6.49. The number of aromatic nitrogens is 2. The standard InChI is InChI=1S/C11H19FN2/c1-6-9-10(8(4)7(2)3)11(12)14(5)13-9/h7-8H,6H2,1-5H3. The number of rotatable bonds is 3. The molecule has 3 heteroatoms. The van der Waals surface area contributed by atoms with E-state index in [-0.39, 0.29) is 11.9 Å². The lowest BCUT2D eigenvalue weighted by Gasteiger charge is -2.15. The summed E-state index contributed by atoms with van der Waals surface area (Å²) in [6.07, 6.45) is 0.796. The average Bonchev–Trinajstić information content (AvgIpc) is 2.42. The molecule has 0 radical (unpaired) electrons. The molecule has 80 valence electrons. The van der Waals surface area contributed by atoms with Crippen molar-refractivity contribution >= 4 is 0 Å². The third kappa shape index (κ3) is 1.81. The summed E-state index contributed by atoms with van der Waals surface area (Å²) in [5, 5.41) is 4.17. The minimum Gasteiger partial charge on any atom is -0.242 e. The Morgan fingerprint density at radius 3 is 2.36 bits per heavy atom. The molecule has 0 aliphatic rings. The van der Waals surface area contributed by atoms with E-state index in [4.69, 9.17) is 0 Å². The van der Waals surface area contributed by atoms with Gasteiger partial charge in [-0.1, -0.05) is 27.7 Å². The number of hydrogen-bond acceptors (Lipinski definition) is 1. The Labute approximate surface area is 85.1 Å². The molecule has 1 aromatic heterocycles. The zero-order valence-electron chi connectivity index (χ0n) is 9.63. The summed E-state index contributed by atoms with van der Waals surface area (Å²) in [4.78, 5) is 0. The van der Waals surface area contributed by atoms with Gasteiger partial charge < -0.3 is 0 Å². The molecule has 0 saturated carbocycles. The number of hydrogen-bond donors (Lipinski definition) is 0. The minimum absolute atomic E-state index is 0.178. The lowest BCUT2D eigenvalue weighted by molar-refractivity contribution is 0.461. The fraction of sp³-hybridized carbons (Fsp3) is 0.727. The van der Waals surface area contributed by atoms with Crippen molar-refractivity contribution in [2.24, 2.45) is 13.0 Å². The molecular weight excluding hydrogens is 179 g/mol. The number of nitrogens with zero attached hydrogens (tertiary/aromatic N) is 2. The van der Waals surface area contributed by atoms with E-state index in [0.717, 1.165) is 17.7 Å². The molecule has 0 saturated heterocycles. The highest BCUT2D eigenvalue weighted by Gasteiger charge is 2.22. The molecule has 1 rings (SSSR count). The topological polar surface area (TPSA) is 17.8 Å². The van der Waals surface area contributed by atoms with Crippen LogP contribution in [0, 0.1) is 11.9 Å². The Morgan fingerprint density at radius 2 is 1.93 bits per heavy atom. The van der Waals surface area contributed by atoms with Crippen LogP contribution in [0.15, 0.2) is 0 Å². The summed E-state index contributed by atoms with van der Waals surface area (Å²) in [6.45, 7) is 8.29. The van der Waals surface area contributed by atoms with Crippen molar-refractivity contribution in [3.05, 3.63) is 17.2 Å². The monoisotopic (exact) mass is 198 g/mol. The molecule has 1 aromatic rings. The first kappa shape index (κ1) is 11.2. The second-order valence-electron chi connectivity index (χ2n) is 4.16. The van der Waals surface area contributed by atoms with Crippen molar-refractivity contribution in [3.63, 3.8) is 0 Å². The highest BCUT2D eigenvalue weighted by atomic mass is 19.1. The van der Waals surface area contributed by atoms with Crippen LogP contribution >= 0.6 is 0 Å². The highest BCUT2D eigenvalue weighted by molar-refractivity contribution is 5.23. The van der Waals surface area contributed by atoms with Gasteiger partial charge in [-0.15, -0.1) is 0 Å². The SMILES string of the molecule is CCc1nn(C)c(F)c1C(C)C(C)C. The molecule has 2 nitrogen and oxygen atoms in total. The minimum atomic E-state index is -0.178. The lowest BCUT2D eigenvalue weighted by Crippen LogP contribution is -2.06. The van der Waals surface area contributed by atoms with Gasteiger partial charge >= 0.3 is 0 Å². The predicted molar refractivity (Wildman–Crippen MR) is 55.8 cm³/mol. The molecule has 0 N–H and O–H groups in total. The van der Waals surface area contributed by atoms with Gasteiger partial charge in [-0.2, -0.15) is 9.49 Å². The second-order valence-corrected chi connectivity index (χ2v) is 4.16. The average molecular weight is 198 g/mol. The molecule has 0 amide bonds. The zero-order valence-corrected chi connectivity index (χ0v) is 9.63. The van der Waals surface area contributed by atoms with Crippen LogP contribution < -0.4 is 0 Å². The van der Waals surface area contributed by atoms with Gasteiger partial charge in [-0.05, 0) is 18.3 Å². The van der Waals surface area contributed by atoms with Crippen molar-refractivity contribution in [1.29, 1.82) is 0 Å². The van der Waals surface area contributed by atoms with Crippen LogP contribution in [-0.4, -0.2) is 9.78 Å². The van der Waals surface area contributed by atoms with Gasteiger partial charge in [0.25, 0.3) is 0 Å². The van der Waals surface area contributed by atoms with Gasteiger partial charge in [0, 0.05) is 12.6 Å². The summed E-state index contributed by atoms with van der Waals surface area (Å²) in [5.41, 5.74) is 1.69. The van der Waals surface area contributed by atoms with Crippen molar-refractivity contribution in [2.45, 2.75) is 40.0 Å². The summed E-state index contributed by atoms with van der Waals surface area (Å²) < 4.78 is 15.1. The van der Waals surface area contributed by atoms with Crippen molar-refractivity contribution in [3.8, 4) is 0 Å². The Morgan fingerprint density at radius 1 is 1.36 bits per heavy atom. The van der Waals surface area contributed by atoms with Crippen molar-refractivity contribution in [2.75, 3.05) is 0 Å². The molecule has 0 spiro atoms. The molecule has 1 heterocycles. The summed E-state index contributed by atoms with van der Waals surface area (Å²) in [6, 6.07) is 0. The Bertz CT molecular complexity index is 315. The predicted octanol–water partition coefficient (Wildman–Crippen LogP) is 2.88. The Balaban J connectivity index is 3.17. The van der Waals surface area contributed by atoms with Crippen LogP contribution in [0.3, 0.4) is 0 Å². The van der Waals surface area contributed by atoms with E-state index < -0.39 is 0 Å². The van der Waals surface area contributed by atoms with E-state index in [1.807, 2.05) is 6.92 Å². The molecule has 0 aromatic carbocycles. The second kappa shape index (κ2) is 4.11. The zero-order chi connectivity index (χ0) is 10.9. The number of aryl methyl sites for hydroxylation is 2. The maximum Gasteiger partial charge on any atom is 0.214 e. The smallest absolute Gasteiger partial charge is 0.214 e. The molecule has 0 fully saturated rings. The van der Waals surface area contributed by atoms with Gasteiger partial charge in [-0.25, -0.2) is 4.68 Å². The first-order valence-corrected chi connectivity index (χ1v) is 5.20.